The molecule has 0 saturated carbocycles. The van der Waals surface area contributed by atoms with Gasteiger partial charge in [0.25, 0.3) is 0 Å². The zero-order valence-electron chi connectivity index (χ0n) is 16.8. The highest BCUT2D eigenvalue weighted by molar-refractivity contribution is 5.74. The van der Waals surface area contributed by atoms with Crippen LogP contribution in [-0.4, -0.2) is 43.7 Å². The number of hydrogen-bond acceptors (Lipinski definition) is 3. The quantitative estimate of drug-likeness (QED) is 0.694. The molecule has 2 aromatic rings. The van der Waals surface area contributed by atoms with Crippen LogP contribution in [0.3, 0.4) is 0 Å². The third kappa shape index (κ3) is 5.91. The summed E-state index contributed by atoms with van der Waals surface area (Å²) in [6.45, 7) is 6.74. The molecule has 150 valence electrons. The highest BCUT2D eigenvalue weighted by atomic mass is 16.5. The predicted octanol–water partition coefficient (Wildman–Crippen LogP) is 4.29. The molecule has 0 unspecified atom stereocenters. The van der Waals surface area contributed by atoms with Crippen LogP contribution in [0.15, 0.2) is 54.6 Å². The van der Waals surface area contributed by atoms with Crippen molar-refractivity contribution in [2.45, 2.75) is 32.8 Å². The number of anilines is 1. The Morgan fingerprint density at radius 3 is 2.36 bits per heavy atom. The number of amides is 2. The van der Waals surface area contributed by atoms with Crippen LogP contribution in [0.5, 0.6) is 5.75 Å². The Labute approximate surface area is 168 Å². The summed E-state index contributed by atoms with van der Waals surface area (Å²) in [6, 6.07) is 18.5. The second kappa shape index (κ2) is 10.6. The number of carbonyl (C=O) groups excluding carboxylic acids is 1. The van der Waals surface area contributed by atoms with Crippen LogP contribution in [0.4, 0.5) is 10.5 Å². The zero-order chi connectivity index (χ0) is 19.6. The third-order valence-corrected chi connectivity index (χ3v) is 5.07. The maximum atomic E-state index is 12.2. The zero-order valence-corrected chi connectivity index (χ0v) is 16.8. The Balaban J connectivity index is 1.42. The lowest BCUT2D eigenvalue weighted by atomic mass is 10.2. The monoisotopic (exact) mass is 381 g/mol. The van der Waals surface area contributed by atoms with E-state index in [1.165, 1.54) is 18.5 Å². The SMILES string of the molecule is CCCCCNC(=O)N1CCN(c2ccc(OCc3ccccc3)cc2)CC1. The average molecular weight is 382 g/mol. The molecule has 5 nitrogen and oxygen atoms in total. The van der Waals surface area contributed by atoms with E-state index in [4.69, 9.17) is 4.74 Å². The van der Waals surface area contributed by atoms with Gasteiger partial charge >= 0.3 is 6.03 Å². The van der Waals surface area contributed by atoms with Crippen LogP contribution in [0.2, 0.25) is 0 Å². The summed E-state index contributed by atoms with van der Waals surface area (Å²) in [5, 5.41) is 3.03. The van der Waals surface area contributed by atoms with Gasteiger partial charge in [0.1, 0.15) is 12.4 Å². The van der Waals surface area contributed by atoms with Crippen molar-refractivity contribution < 1.29 is 9.53 Å². The molecule has 2 aromatic carbocycles. The third-order valence-electron chi connectivity index (χ3n) is 5.07. The minimum absolute atomic E-state index is 0.0698. The van der Waals surface area contributed by atoms with Gasteiger partial charge in [0, 0.05) is 38.4 Å². The topological polar surface area (TPSA) is 44.8 Å². The van der Waals surface area contributed by atoms with Crippen LogP contribution in [0.1, 0.15) is 31.7 Å². The van der Waals surface area contributed by atoms with Crippen molar-refractivity contribution in [3.05, 3.63) is 60.2 Å². The summed E-state index contributed by atoms with van der Waals surface area (Å²) in [4.78, 5) is 16.5. The van der Waals surface area contributed by atoms with Gasteiger partial charge in [0.2, 0.25) is 0 Å². The van der Waals surface area contributed by atoms with E-state index in [9.17, 15) is 4.79 Å². The number of benzene rings is 2. The summed E-state index contributed by atoms with van der Waals surface area (Å²) in [7, 11) is 0. The molecule has 28 heavy (non-hydrogen) atoms. The fraction of sp³-hybridized carbons (Fsp3) is 0.435. The van der Waals surface area contributed by atoms with Gasteiger partial charge in [-0.25, -0.2) is 4.79 Å². The first-order valence-corrected chi connectivity index (χ1v) is 10.3. The molecular weight excluding hydrogens is 350 g/mol. The minimum Gasteiger partial charge on any atom is -0.489 e. The van der Waals surface area contributed by atoms with Crippen molar-refractivity contribution in [1.82, 2.24) is 10.2 Å². The van der Waals surface area contributed by atoms with Crippen LogP contribution in [-0.2, 0) is 6.61 Å². The smallest absolute Gasteiger partial charge is 0.317 e. The standard InChI is InChI=1S/C23H31N3O2/c1-2-3-7-14-24-23(27)26-17-15-25(16-18-26)21-10-12-22(13-11-21)28-19-20-8-5-4-6-9-20/h4-6,8-13H,2-3,7,14-19H2,1H3,(H,24,27). The van der Waals surface area contributed by atoms with E-state index >= 15 is 0 Å². The number of unbranched alkanes of at least 4 members (excludes halogenated alkanes) is 2. The normalized spacial score (nSPS) is 14.0. The molecule has 1 aliphatic rings. The highest BCUT2D eigenvalue weighted by Gasteiger charge is 2.20. The maximum Gasteiger partial charge on any atom is 0.317 e. The second-order valence-corrected chi connectivity index (χ2v) is 7.18. The Kier molecular flexibility index (Phi) is 7.59. The van der Waals surface area contributed by atoms with Crippen LogP contribution in [0, 0.1) is 0 Å². The van der Waals surface area contributed by atoms with Gasteiger partial charge in [0.05, 0.1) is 0 Å². The maximum absolute atomic E-state index is 12.2. The summed E-state index contributed by atoms with van der Waals surface area (Å²) in [6.07, 6.45) is 3.39. The van der Waals surface area contributed by atoms with Gasteiger partial charge < -0.3 is 19.9 Å². The van der Waals surface area contributed by atoms with Gasteiger partial charge in [-0.3, -0.25) is 0 Å². The Hall–Kier alpha value is -2.69. The summed E-state index contributed by atoms with van der Waals surface area (Å²) in [5.74, 6) is 0.873. The molecule has 0 spiro atoms. The van der Waals surface area contributed by atoms with Gasteiger partial charge in [-0.2, -0.15) is 0 Å². The number of hydrogen-bond donors (Lipinski definition) is 1. The number of ether oxygens (including phenoxy) is 1. The number of piperazine rings is 1. The molecule has 1 fully saturated rings. The molecular formula is C23H31N3O2. The Bertz CT molecular complexity index is 710. The number of urea groups is 1. The van der Waals surface area contributed by atoms with Crippen LogP contribution < -0.4 is 15.0 Å². The molecule has 0 aromatic heterocycles. The molecule has 1 saturated heterocycles. The number of carbonyl (C=O) groups is 1. The van der Waals surface area contributed by atoms with Crippen molar-refractivity contribution in [2.24, 2.45) is 0 Å². The molecule has 3 rings (SSSR count). The largest absolute Gasteiger partial charge is 0.489 e. The first-order chi connectivity index (χ1) is 13.8. The molecule has 5 heteroatoms. The second-order valence-electron chi connectivity index (χ2n) is 7.18. The summed E-state index contributed by atoms with van der Waals surface area (Å²) in [5.41, 5.74) is 2.34. The van der Waals surface area contributed by atoms with Gasteiger partial charge in [0.15, 0.2) is 0 Å². The van der Waals surface area contributed by atoms with E-state index in [2.05, 4.69) is 41.4 Å². The van der Waals surface area contributed by atoms with Crippen molar-refractivity contribution in [3.63, 3.8) is 0 Å². The average Bonchev–Trinajstić information content (AvgIpc) is 2.76. The molecule has 0 bridgehead atoms. The van der Waals surface area contributed by atoms with Gasteiger partial charge in [-0.15, -0.1) is 0 Å². The molecule has 0 aliphatic carbocycles. The van der Waals surface area contributed by atoms with E-state index in [0.29, 0.717) is 6.61 Å². The van der Waals surface area contributed by atoms with E-state index < -0.39 is 0 Å². The van der Waals surface area contributed by atoms with E-state index in [1.807, 2.05) is 35.2 Å². The Morgan fingerprint density at radius 2 is 1.68 bits per heavy atom. The van der Waals surface area contributed by atoms with Crippen molar-refractivity contribution in [2.75, 3.05) is 37.6 Å². The summed E-state index contributed by atoms with van der Waals surface area (Å²) >= 11 is 0. The summed E-state index contributed by atoms with van der Waals surface area (Å²) < 4.78 is 5.86. The fourth-order valence-electron chi connectivity index (χ4n) is 3.34. The minimum atomic E-state index is 0.0698. The molecule has 0 radical (unpaired) electrons. The Morgan fingerprint density at radius 1 is 0.964 bits per heavy atom. The predicted molar refractivity (Wildman–Crippen MR) is 114 cm³/mol. The van der Waals surface area contributed by atoms with E-state index in [0.717, 1.165) is 50.5 Å². The lowest BCUT2D eigenvalue weighted by Crippen LogP contribution is -2.52. The highest BCUT2D eigenvalue weighted by Crippen LogP contribution is 2.21. The fourth-order valence-corrected chi connectivity index (χ4v) is 3.34. The van der Waals surface area contributed by atoms with Crippen molar-refractivity contribution in [1.29, 1.82) is 0 Å². The number of rotatable bonds is 8. The lowest BCUT2D eigenvalue weighted by Gasteiger charge is -2.36. The van der Waals surface area contributed by atoms with E-state index in [-0.39, 0.29) is 6.03 Å². The first-order valence-electron chi connectivity index (χ1n) is 10.3. The molecule has 1 heterocycles. The lowest BCUT2D eigenvalue weighted by molar-refractivity contribution is 0.194. The van der Waals surface area contributed by atoms with Crippen molar-refractivity contribution in [3.8, 4) is 5.75 Å². The number of nitrogens with zero attached hydrogens (tertiary/aromatic N) is 2. The number of nitrogens with one attached hydrogen (secondary N) is 1. The molecule has 1 N–H and O–H groups in total. The van der Waals surface area contributed by atoms with Gasteiger partial charge in [-0.1, -0.05) is 50.1 Å². The van der Waals surface area contributed by atoms with Crippen LogP contribution in [0.25, 0.3) is 0 Å². The first kappa shape index (κ1) is 20.1. The van der Waals surface area contributed by atoms with Crippen LogP contribution >= 0.6 is 0 Å². The van der Waals surface area contributed by atoms with E-state index in [1.54, 1.807) is 0 Å². The van der Waals surface area contributed by atoms with Crippen molar-refractivity contribution >= 4 is 11.7 Å². The molecule has 2 amide bonds. The van der Waals surface area contributed by atoms with Gasteiger partial charge in [-0.05, 0) is 36.2 Å². The molecule has 1 aliphatic heterocycles. The molecule has 0 atom stereocenters.